The number of hydrogen-bond donors (Lipinski definition) is 1. The smallest absolute Gasteiger partial charge is 0.0599 e. The van der Waals surface area contributed by atoms with Crippen LogP contribution in [0.4, 0.5) is 0 Å². The number of aliphatic hydroxyl groups excluding tert-OH is 1. The molecule has 1 rings (SSSR count). The van der Waals surface area contributed by atoms with Gasteiger partial charge in [0.15, 0.2) is 0 Å². The van der Waals surface area contributed by atoms with E-state index in [9.17, 15) is 5.11 Å². The quantitative estimate of drug-likeness (QED) is 0.659. The van der Waals surface area contributed by atoms with Gasteiger partial charge in [-0.3, -0.25) is 0 Å². The van der Waals surface area contributed by atoms with Gasteiger partial charge in [-0.1, -0.05) is 32.8 Å². The molecule has 1 saturated carbocycles. The zero-order valence-corrected chi connectivity index (χ0v) is 10.3. The van der Waals surface area contributed by atoms with E-state index in [1.165, 1.54) is 32.1 Å². The highest BCUT2D eigenvalue weighted by molar-refractivity contribution is 4.92. The molecule has 0 spiro atoms. The van der Waals surface area contributed by atoms with E-state index < -0.39 is 0 Å². The molecule has 0 aromatic heterocycles. The lowest BCUT2D eigenvalue weighted by Gasteiger charge is -2.36. The highest BCUT2D eigenvalue weighted by Gasteiger charge is 2.40. The van der Waals surface area contributed by atoms with E-state index >= 15 is 0 Å². The average molecular weight is 210 g/mol. The standard InChI is InChI=1S/C14H26O/c1-4-5-8-13(15)14(11-12(2)3)9-6-7-10-14/h4,12-13,15H,1,5-11H2,2-3H3. The van der Waals surface area contributed by atoms with E-state index in [2.05, 4.69) is 20.4 Å². The molecule has 0 aliphatic heterocycles. The highest BCUT2D eigenvalue weighted by Crippen LogP contribution is 2.47. The van der Waals surface area contributed by atoms with E-state index in [-0.39, 0.29) is 11.5 Å². The second kappa shape index (κ2) is 5.69. The Morgan fingerprint density at radius 1 is 1.33 bits per heavy atom. The van der Waals surface area contributed by atoms with Crippen molar-refractivity contribution in [3.05, 3.63) is 12.7 Å². The molecule has 0 bridgehead atoms. The van der Waals surface area contributed by atoms with Gasteiger partial charge in [0.05, 0.1) is 6.10 Å². The van der Waals surface area contributed by atoms with Crippen molar-refractivity contribution in [2.75, 3.05) is 0 Å². The lowest BCUT2D eigenvalue weighted by atomic mass is 9.73. The Kier molecular flexibility index (Phi) is 4.85. The largest absolute Gasteiger partial charge is 0.393 e. The van der Waals surface area contributed by atoms with E-state index in [1.54, 1.807) is 0 Å². The topological polar surface area (TPSA) is 20.2 Å². The molecule has 1 heteroatoms. The van der Waals surface area contributed by atoms with Crippen molar-refractivity contribution in [3.63, 3.8) is 0 Å². The van der Waals surface area contributed by atoms with Gasteiger partial charge < -0.3 is 5.11 Å². The number of rotatable bonds is 6. The number of aliphatic hydroxyl groups is 1. The summed E-state index contributed by atoms with van der Waals surface area (Å²) < 4.78 is 0. The summed E-state index contributed by atoms with van der Waals surface area (Å²) in [5.74, 6) is 0.696. The summed E-state index contributed by atoms with van der Waals surface area (Å²) in [6.07, 6.45) is 9.90. The summed E-state index contributed by atoms with van der Waals surface area (Å²) >= 11 is 0. The fourth-order valence-corrected chi connectivity index (χ4v) is 3.15. The molecule has 1 aliphatic rings. The van der Waals surface area contributed by atoms with Crippen molar-refractivity contribution >= 4 is 0 Å². The average Bonchev–Trinajstić information content (AvgIpc) is 2.62. The van der Waals surface area contributed by atoms with Crippen LogP contribution < -0.4 is 0 Å². The second-order valence-electron chi connectivity index (χ2n) is 5.55. The van der Waals surface area contributed by atoms with E-state index in [4.69, 9.17) is 0 Å². The zero-order chi connectivity index (χ0) is 11.3. The minimum absolute atomic E-state index is 0.111. The van der Waals surface area contributed by atoms with Crippen molar-refractivity contribution in [1.29, 1.82) is 0 Å². The van der Waals surface area contributed by atoms with Crippen LogP contribution in [0, 0.1) is 11.3 Å². The van der Waals surface area contributed by atoms with Crippen LogP contribution in [0.15, 0.2) is 12.7 Å². The molecule has 0 heterocycles. The van der Waals surface area contributed by atoms with Crippen molar-refractivity contribution in [1.82, 2.24) is 0 Å². The van der Waals surface area contributed by atoms with Gasteiger partial charge in [-0.15, -0.1) is 6.58 Å². The van der Waals surface area contributed by atoms with Gasteiger partial charge in [-0.05, 0) is 43.4 Å². The lowest BCUT2D eigenvalue weighted by molar-refractivity contribution is 0.00780. The Bertz CT molecular complexity index is 190. The first-order valence-corrected chi connectivity index (χ1v) is 6.40. The Balaban J connectivity index is 2.58. The van der Waals surface area contributed by atoms with Gasteiger partial charge in [0.25, 0.3) is 0 Å². The first-order chi connectivity index (χ1) is 7.10. The third-order valence-electron chi connectivity index (χ3n) is 3.77. The van der Waals surface area contributed by atoms with Crippen molar-refractivity contribution in [3.8, 4) is 0 Å². The Morgan fingerprint density at radius 3 is 2.40 bits per heavy atom. The molecule has 0 amide bonds. The van der Waals surface area contributed by atoms with Gasteiger partial charge >= 0.3 is 0 Å². The van der Waals surface area contributed by atoms with Crippen LogP contribution in [-0.2, 0) is 0 Å². The number of hydrogen-bond acceptors (Lipinski definition) is 1. The molecule has 1 N–H and O–H groups in total. The van der Waals surface area contributed by atoms with Gasteiger partial charge in [-0.2, -0.15) is 0 Å². The van der Waals surface area contributed by atoms with Crippen LogP contribution in [0.1, 0.15) is 58.8 Å². The maximum atomic E-state index is 10.3. The zero-order valence-electron chi connectivity index (χ0n) is 10.3. The molecule has 0 aromatic rings. The minimum atomic E-state index is -0.111. The summed E-state index contributed by atoms with van der Waals surface area (Å²) in [7, 11) is 0. The third-order valence-corrected chi connectivity index (χ3v) is 3.77. The maximum Gasteiger partial charge on any atom is 0.0599 e. The summed E-state index contributed by atoms with van der Waals surface area (Å²) in [5, 5.41) is 10.3. The minimum Gasteiger partial charge on any atom is -0.393 e. The van der Waals surface area contributed by atoms with Gasteiger partial charge in [-0.25, -0.2) is 0 Å². The summed E-state index contributed by atoms with van der Waals surface area (Å²) in [5.41, 5.74) is 0.233. The fourth-order valence-electron chi connectivity index (χ4n) is 3.15. The molecule has 1 fully saturated rings. The fraction of sp³-hybridized carbons (Fsp3) is 0.857. The van der Waals surface area contributed by atoms with E-state index in [1.807, 2.05) is 6.08 Å². The monoisotopic (exact) mass is 210 g/mol. The molecule has 1 nitrogen and oxygen atoms in total. The summed E-state index contributed by atoms with van der Waals surface area (Å²) in [4.78, 5) is 0. The van der Waals surface area contributed by atoms with Crippen LogP contribution >= 0.6 is 0 Å². The van der Waals surface area contributed by atoms with E-state index in [0.29, 0.717) is 5.92 Å². The van der Waals surface area contributed by atoms with Crippen LogP contribution in [0.5, 0.6) is 0 Å². The lowest BCUT2D eigenvalue weighted by Crippen LogP contribution is -2.33. The highest BCUT2D eigenvalue weighted by atomic mass is 16.3. The van der Waals surface area contributed by atoms with Crippen molar-refractivity contribution in [2.24, 2.45) is 11.3 Å². The van der Waals surface area contributed by atoms with Gasteiger partial charge in [0, 0.05) is 0 Å². The molecule has 15 heavy (non-hydrogen) atoms. The molecule has 1 atom stereocenters. The molecule has 0 saturated heterocycles. The first kappa shape index (κ1) is 12.8. The summed E-state index contributed by atoms with van der Waals surface area (Å²) in [6, 6.07) is 0. The molecule has 0 radical (unpaired) electrons. The molecular weight excluding hydrogens is 184 g/mol. The van der Waals surface area contributed by atoms with Crippen LogP contribution in [0.2, 0.25) is 0 Å². The Hall–Kier alpha value is -0.300. The second-order valence-corrected chi connectivity index (χ2v) is 5.55. The van der Waals surface area contributed by atoms with Crippen molar-refractivity contribution < 1.29 is 5.11 Å². The Labute approximate surface area is 94.6 Å². The van der Waals surface area contributed by atoms with Crippen molar-refractivity contribution in [2.45, 2.75) is 64.9 Å². The van der Waals surface area contributed by atoms with Crippen LogP contribution in [0.3, 0.4) is 0 Å². The summed E-state index contributed by atoms with van der Waals surface area (Å²) in [6.45, 7) is 8.26. The third kappa shape index (κ3) is 3.34. The molecule has 88 valence electrons. The molecule has 1 aliphatic carbocycles. The van der Waals surface area contributed by atoms with E-state index in [0.717, 1.165) is 12.8 Å². The molecule has 0 aromatic carbocycles. The SMILES string of the molecule is C=CCCC(O)C1(CC(C)C)CCCC1. The van der Waals surface area contributed by atoms with Gasteiger partial charge in [0.2, 0.25) is 0 Å². The normalized spacial score (nSPS) is 21.9. The van der Waals surface area contributed by atoms with Crippen LogP contribution in [0.25, 0.3) is 0 Å². The first-order valence-electron chi connectivity index (χ1n) is 6.40. The molecular formula is C14H26O. The molecule has 1 unspecified atom stereocenters. The van der Waals surface area contributed by atoms with Gasteiger partial charge in [0.1, 0.15) is 0 Å². The van der Waals surface area contributed by atoms with Crippen LogP contribution in [-0.4, -0.2) is 11.2 Å². The number of allylic oxidation sites excluding steroid dienone is 1. The predicted molar refractivity (Wildman–Crippen MR) is 65.8 cm³/mol. The Morgan fingerprint density at radius 2 is 1.93 bits per heavy atom. The predicted octanol–water partition coefficient (Wildman–Crippen LogP) is 3.92. The maximum absolute atomic E-state index is 10.3.